The lowest BCUT2D eigenvalue weighted by Gasteiger charge is -2.30. The SMILES string of the molecule is C=C1C(N2CCCCCC2)=CN=C(N)C1O. The number of hydrogen-bond donors (Lipinski definition) is 2. The van der Waals surface area contributed by atoms with Gasteiger partial charge in [-0.15, -0.1) is 0 Å². The van der Waals surface area contributed by atoms with Crippen LogP contribution in [0.15, 0.2) is 29.0 Å². The van der Waals surface area contributed by atoms with E-state index in [4.69, 9.17) is 5.73 Å². The molecule has 1 saturated heterocycles. The fraction of sp³-hybridized carbons (Fsp3) is 0.583. The molecule has 4 nitrogen and oxygen atoms in total. The van der Waals surface area contributed by atoms with Crippen molar-refractivity contribution in [2.75, 3.05) is 13.1 Å². The molecule has 3 N–H and O–H groups in total. The summed E-state index contributed by atoms with van der Waals surface area (Å²) in [5.41, 5.74) is 7.19. The van der Waals surface area contributed by atoms with Crippen molar-refractivity contribution in [2.24, 2.45) is 10.7 Å². The third-order valence-corrected chi connectivity index (χ3v) is 3.22. The monoisotopic (exact) mass is 221 g/mol. The average molecular weight is 221 g/mol. The Hall–Kier alpha value is -1.29. The first-order valence-electron chi connectivity index (χ1n) is 5.85. The first-order chi connectivity index (χ1) is 7.70. The van der Waals surface area contributed by atoms with Gasteiger partial charge in [-0.3, -0.25) is 0 Å². The van der Waals surface area contributed by atoms with Gasteiger partial charge < -0.3 is 15.7 Å². The molecular weight excluding hydrogens is 202 g/mol. The molecule has 16 heavy (non-hydrogen) atoms. The summed E-state index contributed by atoms with van der Waals surface area (Å²) < 4.78 is 0. The lowest BCUT2D eigenvalue weighted by atomic mass is 10.0. The molecule has 0 aromatic rings. The molecule has 0 saturated carbocycles. The van der Waals surface area contributed by atoms with Crippen molar-refractivity contribution in [2.45, 2.75) is 31.8 Å². The fourth-order valence-corrected chi connectivity index (χ4v) is 2.20. The van der Waals surface area contributed by atoms with Gasteiger partial charge in [0.15, 0.2) is 0 Å². The van der Waals surface area contributed by atoms with Crippen LogP contribution in [0.2, 0.25) is 0 Å². The number of aliphatic hydroxyl groups is 1. The molecule has 0 radical (unpaired) electrons. The lowest BCUT2D eigenvalue weighted by Crippen LogP contribution is -2.37. The third kappa shape index (κ3) is 2.11. The van der Waals surface area contributed by atoms with Gasteiger partial charge in [-0.2, -0.15) is 0 Å². The van der Waals surface area contributed by atoms with Gasteiger partial charge in [0, 0.05) is 18.7 Å². The maximum Gasteiger partial charge on any atom is 0.137 e. The number of likely N-dealkylation sites (tertiary alicyclic amines) is 1. The summed E-state index contributed by atoms with van der Waals surface area (Å²) in [7, 11) is 0. The van der Waals surface area contributed by atoms with E-state index in [0.717, 1.165) is 18.8 Å². The molecule has 0 aliphatic carbocycles. The Morgan fingerprint density at radius 2 is 1.94 bits per heavy atom. The van der Waals surface area contributed by atoms with E-state index in [1.165, 1.54) is 25.7 Å². The molecule has 4 heteroatoms. The van der Waals surface area contributed by atoms with Crippen molar-refractivity contribution in [1.29, 1.82) is 0 Å². The van der Waals surface area contributed by atoms with Gasteiger partial charge in [0.25, 0.3) is 0 Å². The van der Waals surface area contributed by atoms with Crippen LogP contribution in [-0.2, 0) is 0 Å². The van der Waals surface area contributed by atoms with Gasteiger partial charge >= 0.3 is 0 Å². The number of hydrogen-bond acceptors (Lipinski definition) is 4. The van der Waals surface area contributed by atoms with Crippen LogP contribution >= 0.6 is 0 Å². The average Bonchev–Trinajstić information content (AvgIpc) is 2.55. The Bertz CT molecular complexity index is 338. The van der Waals surface area contributed by atoms with E-state index in [2.05, 4.69) is 16.5 Å². The van der Waals surface area contributed by atoms with Gasteiger partial charge in [0.05, 0.1) is 11.9 Å². The summed E-state index contributed by atoms with van der Waals surface area (Å²) in [5.74, 6) is 0.239. The minimum absolute atomic E-state index is 0.239. The Balaban J connectivity index is 2.16. The molecule has 1 atom stereocenters. The van der Waals surface area contributed by atoms with Gasteiger partial charge in [-0.1, -0.05) is 19.4 Å². The topological polar surface area (TPSA) is 61.8 Å². The Morgan fingerprint density at radius 3 is 2.56 bits per heavy atom. The first-order valence-corrected chi connectivity index (χ1v) is 5.85. The highest BCUT2D eigenvalue weighted by atomic mass is 16.3. The van der Waals surface area contributed by atoms with E-state index in [-0.39, 0.29) is 5.84 Å². The molecule has 2 heterocycles. The smallest absolute Gasteiger partial charge is 0.137 e. The predicted molar refractivity (Wildman–Crippen MR) is 64.9 cm³/mol. The van der Waals surface area contributed by atoms with Crippen LogP contribution in [0.25, 0.3) is 0 Å². The maximum absolute atomic E-state index is 9.79. The Morgan fingerprint density at radius 1 is 1.31 bits per heavy atom. The van der Waals surface area contributed by atoms with Gasteiger partial charge in [0.2, 0.25) is 0 Å². The Kier molecular flexibility index (Phi) is 3.29. The Labute approximate surface area is 96.2 Å². The highest BCUT2D eigenvalue weighted by molar-refractivity contribution is 5.90. The van der Waals surface area contributed by atoms with Crippen molar-refractivity contribution >= 4 is 5.84 Å². The van der Waals surface area contributed by atoms with Crippen LogP contribution < -0.4 is 5.73 Å². The summed E-state index contributed by atoms with van der Waals surface area (Å²) >= 11 is 0. The lowest BCUT2D eigenvalue weighted by molar-refractivity contribution is 0.261. The summed E-state index contributed by atoms with van der Waals surface area (Å²) in [4.78, 5) is 6.29. The van der Waals surface area contributed by atoms with E-state index in [9.17, 15) is 5.11 Å². The van der Waals surface area contributed by atoms with Gasteiger partial charge in [-0.25, -0.2) is 4.99 Å². The van der Waals surface area contributed by atoms with Crippen molar-refractivity contribution in [3.05, 3.63) is 24.0 Å². The number of aliphatic hydroxyl groups excluding tert-OH is 1. The van der Waals surface area contributed by atoms with Crippen LogP contribution in [0.4, 0.5) is 0 Å². The van der Waals surface area contributed by atoms with Crippen LogP contribution in [0, 0.1) is 0 Å². The van der Waals surface area contributed by atoms with Gasteiger partial charge in [-0.05, 0) is 12.8 Å². The molecule has 0 amide bonds. The van der Waals surface area contributed by atoms with Crippen LogP contribution in [-0.4, -0.2) is 35.0 Å². The molecular formula is C12H19N3O. The summed E-state index contributed by atoms with van der Waals surface area (Å²) in [6, 6.07) is 0. The highest BCUT2D eigenvalue weighted by Crippen LogP contribution is 2.24. The van der Waals surface area contributed by atoms with E-state index in [1.54, 1.807) is 6.20 Å². The second-order valence-electron chi connectivity index (χ2n) is 4.40. The zero-order chi connectivity index (χ0) is 11.5. The van der Waals surface area contributed by atoms with Crippen LogP contribution in [0.3, 0.4) is 0 Å². The number of aliphatic imine (C=N–C) groups is 1. The number of rotatable bonds is 1. The van der Waals surface area contributed by atoms with Gasteiger partial charge in [0.1, 0.15) is 11.9 Å². The molecule has 2 aliphatic rings. The zero-order valence-electron chi connectivity index (χ0n) is 9.52. The van der Waals surface area contributed by atoms with Crippen molar-refractivity contribution in [1.82, 2.24) is 4.90 Å². The maximum atomic E-state index is 9.79. The molecule has 88 valence electrons. The molecule has 1 fully saturated rings. The molecule has 1 unspecified atom stereocenters. The summed E-state index contributed by atoms with van der Waals surface area (Å²) in [6.07, 6.45) is 5.87. The highest BCUT2D eigenvalue weighted by Gasteiger charge is 2.24. The molecule has 0 bridgehead atoms. The normalized spacial score (nSPS) is 27.2. The van der Waals surface area contributed by atoms with Crippen molar-refractivity contribution < 1.29 is 5.11 Å². The molecule has 0 spiro atoms. The summed E-state index contributed by atoms with van der Waals surface area (Å²) in [5, 5.41) is 9.79. The predicted octanol–water partition coefficient (Wildman–Crippen LogP) is 0.992. The fourth-order valence-electron chi connectivity index (χ4n) is 2.20. The van der Waals surface area contributed by atoms with E-state index in [0.29, 0.717) is 5.57 Å². The van der Waals surface area contributed by atoms with E-state index < -0.39 is 6.10 Å². The zero-order valence-corrected chi connectivity index (χ0v) is 9.52. The standard InChI is InChI=1S/C12H19N3O/c1-9-10(8-14-12(13)11(9)16)15-6-4-2-3-5-7-15/h8,11,16H,1-7H2,(H2,13,14). The van der Waals surface area contributed by atoms with E-state index >= 15 is 0 Å². The van der Waals surface area contributed by atoms with Crippen LogP contribution in [0.1, 0.15) is 25.7 Å². The number of nitrogens with zero attached hydrogens (tertiary/aromatic N) is 2. The van der Waals surface area contributed by atoms with Crippen LogP contribution in [0.5, 0.6) is 0 Å². The number of amidine groups is 1. The third-order valence-electron chi connectivity index (χ3n) is 3.22. The molecule has 2 aliphatic heterocycles. The number of nitrogens with two attached hydrogens (primary N) is 1. The van der Waals surface area contributed by atoms with E-state index in [1.807, 2.05) is 0 Å². The van der Waals surface area contributed by atoms with Crippen molar-refractivity contribution in [3.63, 3.8) is 0 Å². The minimum Gasteiger partial charge on any atom is -0.385 e. The quantitative estimate of drug-likeness (QED) is 0.694. The second kappa shape index (κ2) is 4.70. The molecule has 0 aromatic heterocycles. The summed E-state index contributed by atoms with van der Waals surface area (Å²) in [6.45, 7) is 5.95. The second-order valence-corrected chi connectivity index (χ2v) is 4.40. The molecule has 0 aromatic carbocycles. The first kappa shape index (κ1) is 11.2. The molecule has 2 rings (SSSR count). The minimum atomic E-state index is -0.816. The van der Waals surface area contributed by atoms with Crippen molar-refractivity contribution in [3.8, 4) is 0 Å². The largest absolute Gasteiger partial charge is 0.385 e.